The van der Waals surface area contributed by atoms with Gasteiger partial charge in [0.1, 0.15) is 5.82 Å². The zero-order valence-corrected chi connectivity index (χ0v) is 27.4. The predicted octanol–water partition coefficient (Wildman–Crippen LogP) is 11.1. The van der Waals surface area contributed by atoms with Gasteiger partial charge in [0.15, 0.2) is 5.82 Å². The molecule has 0 spiro atoms. The van der Waals surface area contributed by atoms with Crippen LogP contribution in [0.4, 0.5) is 0 Å². The third-order valence-electron chi connectivity index (χ3n) is 10.1. The van der Waals surface area contributed by atoms with Crippen molar-refractivity contribution in [2.45, 2.75) is 51.9 Å². The highest BCUT2D eigenvalue weighted by molar-refractivity contribution is 6.33. The monoisotopic (exact) mass is 623 g/mol. The fourth-order valence-electron chi connectivity index (χ4n) is 7.96. The van der Waals surface area contributed by atoms with Crippen molar-refractivity contribution in [1.29, 1.82) is 0 Å². The molecule has 7 aromatic rings. The smallest absolute Gasteiger partial charge is 0.238 e. The van der Waals surface area contributed by atoms with Crippen LogP contribution in [0.3, 0.4) is 0 Å². The van der Waals surface area contributed by atoms with Crippen LogP contribution in [0.2, 0.25) is 0 Å². The van der Waals surface area contributed by atoms with Gasteiger partial charge >= 0.3 is 0 Å². The molecule has 234 valence electrons. The van der Waals surface area contributed by atoms with E-state index in [4.69, 9.17) is 15.0 Å². The fourth-order valence-corrected chi connectivity index (χ4v) is 7.96. The van der Waals surface area contributed by atoms with Crippen LogP contribution in [0.5, 0.6) is 0 Å². The molecule has 0 saturated carbocycles. The number of hydrogen-bond acceptors (Lipinski definition) is 3. The quantitative estimate of drug-likeness (QED) is 0.192. The summed E-state index contributed by atoms with van der Waals surface area (Å²) in [5.41, 5.74) is 8.37. The molecule has 48 heavy (non-hydrogen) atoms. The second kappa shape index (κ2) is 11.6. The van der Waals surface area contributed by atoms with Gasteiger partial charge in [0.05, 0.1) is 16.6 Å². The Kier molecular flexibility index (Phi) is 6.93. The Hall–Kier alpha value is -5.55. The molecule has 4 aromatic carbocycles. The second-order valence-corrected chi connectivity index (χ2v) is 13.0. The molecule has 1 unspecified atom stereocenters. The van der Waals surface area contributed by atoms with Gasteiger partial charge in [0, 0.05) is 44.6 Å². The first-order valence-electron chi connectivity index (χ1n) is 17.2. The minimum Gasteiger partial charge on any atom is -0.315 e. The van der Waals surface area contributed by atoms with Crippen molar-refractivity contribution in [3.05, 3.63) is 132 Å². The molecule has 5 heteroatoms. The van der Waals surface area contributed by atoms with E-state index >= 15 is 0 Å². The number of nitrogens with zero attached hydrogens (tertiary/aromatic N) is 5. The molecule has 0 amide bonds. The van der Waals surface area contributed by atoms with Crippen molar-refractivity contribution < 1.29 is 0 Å². The minimum atomic E-state index is 0.0768. The van der Waals surface area contributed by atoms with Crippen molar-refractivity contribution in [3.63, 3.8) is 0 Å². The number of rotatable bonds is 5. The van der Waals surface area contributed by atoms with Crippen LogP contribution in [0.25, 0.3) is 72.6 Å². The highest BCUT2D eigenvalue weighted by atomic mass is 15.2. The van der Waals surface area contributed by atoms with Gasteiger partial charge < -0.3 is 4.57 Å². The van der Waals surface area contributed by atoms with E-state index in [0.29, 0.717) is 11.8 Å². The largest absolute Gasteiger partial charge is 0.315 e. The lowest BCUT2D eigenvalue weighted by atomic mass is 9.97. The Bertz CT molecular complexity index is 2500. The molecule has 3 aromatic heterocycles. The molecule has 2 aliphatic rings. The summed E-state index contributed by atoms with van der Waals surface area (Å²) in [5, 5.41) is 6.23. The number of aromatic nitrogens is 5. The van der Waals surface area contributed by atoms with Gasteiger partial charge in [-0.2, -0.15) is 9.97 Å². The first kappa shape index (κ1) is 28.7. The zero-order valence-electron chi connectivity index (χ0n) is 27.4. The molecule has 0 saturated heterocycles. The number of para-hydroxylation sites is 1. The summed E-state index contributed by atoms with van der Waals surface area (Å²) in [4.78, 5) is 15.7. The van der Waals surface area contributed by atoms with Gasteiger partial charge in [-0.15, -0.1) is 0 Å². The third-order valence-corrected chi connectivity index (χ3v) is 10.1. The number of hydrogen-bond donors (Lipinski definition) is 0. The number of fused-ring (bicyclic) bond motifs is 8. The lowest BCUT2D eigenvalue weighted by Crippen LogP contribution is -2.12. The van der Waals surface area contributed by atoms with Crippen LogP contribution < -0.4 is 0 Å². The third kappa shape index (κ3) is 4.41. The van der Waals surface area contributed by atoms with E-state index in [9.17, 15) is 0 Å². The van der Waals surface area contributed by atoms with Crippen molar-refractivity contribution in [1.82, 2.24) is 24.1 Å². The van der Waals surface area contributed by atoms with Gasteiger partial charge in [0.2, 0.25) is 5.95 Å². The molecule has 3 heterocycles. The summed E-state index contributed by atoms with van der Waals surface area (Å²) in [5.74, 6) is 2.21. The SMILES string of the molecule is C/C=C\c1c(C)n(C2=CCCCC2)c2c1c1ccccc1c1c3ccccc3n(-c3nc(-c4ccccc4)nc(C4C=CC=CC4)n3)c12. The summed E-state index contributed by atoms with van der Waals surface area (Å²) in [6, 6.07) is 28.0. The molecule has 9 rings (SSSR count). The maximum atomic E-state index is 5.34. The number of benzene rings is 4. The summed E-state index contributed by atoms with van der Waals surface area (Å²) in [6.07, 6.45) is 21.0. The number of allylic oxidation sites excluding steroid dienone is 7. The maximum Gasteiger partial charge on any atom is 0.238 e. The summed E-state index contributed by atoms with van der Waals surface area (Å²) in [7, 11) is 0. The summed E-state index contributed by atoms with van der Waals surface area (Å²) >= 11 is 0. The van der Waals surface area contributed by atoms with E-state index in [1.165, 1.54) is 62.2 Å². The first-order valence-corrected chi connectivity index (χ1v) is 17.2. The zero-order chi connectivity index (χ0) is 32.2. The van der Waals surface area contributed by atoms with Crippen LogP contribution in [0.15, 0.2) is 115 Å². The van der Waals surface area contributed by atoms with E-state index in [1.807, 2.05) is 18.2 Å². The van der Waals surface area contributed by atoms with Crippen molar-refractivity contribution in [2.24, 2.45) is 0 Å². The van der Waals surface area contributed by atoms with Gasteiger partial charge in [-0.3, -0.25) is 4.57 Å². The lowest BCUT2D eigenvalue weighted by molar-refractivity contribution is 0.718. The Morgan fingerprint density at radius 2 is 1.50 bits per heavy atom. The highest BCUT2D eigenvalue weighted by Crippen LogP contribution is 2.46. The van der Waals surface area contributed by atoms with Crippen LogP contribution >= 0.6 is 0 Å². The lowest BCUT2D eigenvalue weighted by Gasteiger charge is -2.19. The van der Waals surface area contributed by atoms with Gasteiger partial charge in [0.25, 0.3) is 0 Å². The van der Waals surface area contributed by atoms with E-state index in [0.717, 1.165) is 41.7 Å². The Balaban J connectivity index is 1.50. The standard InChI is InChI=1S/C43H37N5/c1-3-17-32-28(2)47(31-22-11-6-12-23-31)39-37(32)33-24-13-14-25-34(33)38-35-26-15-16-27-36(35)48(40(38)39)43-45-41(29-18-7-4-8-19-29)44-42(46-43)30-20-9-5-10-21-30/h3-5,7-10,13-20,22,24-27,30H,6,11-12,21,23H2,1-2H3/b17-3-. The van der Waals surface area contributed by atoms with Crippen molar-refractivity contribution >= 4 is 55.3 Å². The summed E-state index contributed by atoms with van der Waals surface area (Å²) < 4.78 is 4.89. The Morgan fingerprint density at radius 3 is 2.25 bits per heavy atom. The Labute approximate surface area is 280 Å². The predicted molar refractivity (Wildman–Crippen MR) is 200 cm³/mol. The normalized spacial score (nSPS) is 16.6. The van der Waals surface area contributed by atoms with Crippen molar-refractivity contribution in [3.8, 4) is 17.3 Å². The molecular formula is C43H37N5. The molecule has 5 nitrogen and oxygen atoms in total. The van der Waals surface area contributed by atoms with Crippen LogP contribution in [0, 0.1) is 6.92 Å². The van der Waals surface area contributed by atoms with Crippen LogP contribution in [0.1, 0.15) is 62.0 Å². The molecule has 1 atom stereocenters. The van der Waals surface area contributed by atoms with E-state index in [2.05, 4.69) is 126 Å². The fraction of sp³-hybridized carbons (Fsp3) is 0.186. The van der Waals surface area contributed by atoms with Gasteiger partial charge in [-0.25, -0.2) is 4.98 Å². The van der Waals surface area contributed by atoms with E-state index in [-0.39, 0.29) is 5.92 Å². The highest BCUT2D eigenvalue weighted by Gasteiger charge is 2.28. The van der Waals surface area contributed by atoms with E-state index in [1.54, 1.807) is 0 Å². The molecule has 0 fully saturated rings. The maximum absolute atomic E-state index is 5.34. The average Bonchev–Trinajstić information content (AvgIpc) is 3.65. The first-order chi connectivity index (χ1) is 23.7. The van der Waals surface area contributed by atoms with Crippen molar-refractivity contribution in [2.75, 3.05) is 0 Å². The molecule has 2 aliphatic carbocycles. The van der Waals surface area contributed by atoms with Gasteiger partial charge in [-0.1, -0.05) is 115 Å². The van der Waals surface area contributed by atoms with Gasteiger partial charge in [-0.05, 0) is 62.8 Å². The summed E-state index contributed by atoms with van der Waals surface area (Å²) in [6.45, 7) is 4.41. The van der Waals surface area contributed by atoms with Crippen LogP contribution in [-0.4, -0.2) is 24.1 Å². The molecule has 0 aliphatic heterocycles. The molecule has 0 bridgehead atoms. The molecule has 0 radical (unpaired) electrons. The minimum absolute atomic E-state index is 0.0768. The second-order valence-electron chi connectivity index (χ2n) is 13.0. The Morgan fingerprint density at radius 1 is 0.750 bits per heavy atom. The van der Waals surface area contributed by atoms with E-state index < -0.39 is 0 Å². The molecule has 0 N–H and O–H groups in total. The topological polar surface area (TPSA) is 48.5 Å². The van der Waals surface area contributed by atoms with Crippen LogP contribution in [-0.2, 0) is 0 Å². The average molecular weight is 624 g/mol. The molecular weight excluding hydrogens is 587 g/mol.